The minimum absolute atomic E-state index is 0.0163. The van der Waals surface area contributed by atoms with Crippen molar-refractivity contribution in [1.29, 1.82) is 0 Å². The summed E-state index contributed by atoms with van der Waals surface area (Å²) in [5.41, 5.74) is 0.697. The molecule has 138 valence electrons. The van der Waals surface area contributed by atoms with Gasteiger partial charge < -0.3 is 5.11 Å². The van der Waals surface area contributed by atoms with E-state index in [1.165, 1.54) is 0 Å². The van der Waals surface area contributed by atoms with Crippen molar-refractivity contribution in [3.8, 4) is 0 Å². The van der Waals surface area contributed by atoms with Crippen molar-refractivity contribution in [2.75, 3.05) is 6.61 Å². The first-order valence-corrected chi connectivity index (χ1v) is 10.7. The highest BCUT2D eigenvalue weighted by molar-refractivity contribution is 7.89. The molecule has 2 aromatic rings. The number of aliphatic hydroxyl groups is 1. The normalized spacial score (nSPS) is 28.5. The van der Waals surface area contributed by atoms with Gasteiger partial charge >= 0.3 is 0 Å². The van der Waals surface area contributed by atoms with Gasteiger partial charge in [0.05, 0.1) is 11.6 Å². The smallest absolute Gasteiger partial charge is 0.245 e. The van der Waals surface area contributed by atoms with Gasteiger partial charge in [-0.15, -0.1) is 0 Å². The first-order valence-electron chi connectivity index (χ1n) is 8.91. The molecule has 2 aliphatic rings. The third-order valence-corrected chi connectivity index (χ3v) is 8.36. The third kappa shape index (κ3) is 2.78. The van der Waals surface area contributed by atoms with Crippen LogP contribution >= 0.6 is 11.6 Å². The quantitative estimate of drug-likeness (QED) is 0.848. The van der Waals surface area contributed by atoms with E-state index < -0.39 is 15.4 Å². The summed E-state index contributed by atoms with van der Waals surface area (Å²) in [4.78, 5) is 0.159. The Morgan fingerprint density at radius 3 is 2.46 bits per heavy atom. The van der Waals surface area contributed by atoms with Crippen molar-refractivity contribution < 1.29 is 13.5 Å². The van der Waals surface area contributed by atoms with Gasteiger partial charge in [-0.3, -0.25) is 0 Å². The second-order valence-electron chi connectivity index (χ2n) is 7.40. The zero-order valence-electron chi connectivity index (χ0n) is 14.4. The molecule has 26 heavy (non-hydrogen) atoms. The van der Waals surface area contributed by atoms with Crippen LogP contribution in [0.2, 0.25) is 5.02 Å². The molecule has 2 fully saturated rings. The van der Waals surface area contributed by atoms with E-state index in [0.717, 1.165) is 18.4 Å². The van der Waals surface area contributed by atoms with Gasteiger partial charge in [0.15, 0.2) is 0 Å². The van der Waals surface area contributed by atoms with Gasteiger partial charge in [-0.1, -0.05) is 54.1 Å². The first kappa shape index (κ1) is 18.0. The summed E-state index contributed by atoms with van der Waals surface area (Å²) < 4.78 is 28.3. The molecule has 2 aromatic carbocycles. The van der Waals surface area contributed by atoms with Crippen LogP contribution in [0.4, 0.5) is 0 Å². The molecule has 2 heterocycles. The van der Waals surface area contributed by atoms with E-state index >= 15 is 0 Å². The summed E-state index contributed by atoms with van der Waals surface area (Å²) >= 11 is 6.18. The number of nitrogens with zero attached hydrogens (tertiary/aromatic N) is 1. The number of rotatable bonds is 5. The molecule has 0 unspecified atom stereocenters. The second-order valence-corrected chi connectivity index (χ2v) is 9.62. The lowest BCUT2D eigenvalue weighted by Gasteiger charge is -2.36. The fraction of sp³-hybridized carbons (Fsp3) is 0.400. The Morgan fingerprint density at radius 2 is 1.77 bits per heavy atom. The maximum atomic E-state index is 13.3. The van der Waals surface area contributed by atoms with Crippen LogP contribution in [0.25, 0.3) is 0 Å². The molecule has 6 heteroatoms. The Kier molecular flexibility index (Phi) is 4.59. The molecule has 4 rings (SSSR count). The highest BCUT2D eigenvalue weighted by Crippen LogP contribution is 2.53. The number of halogens is 1. The lowest BCUT2D eigenvalue weighted by atomic mass is 9.70. The van der Waals surface area contributed by atoms with Crippen molar-refractivity contribution in [3.63, 3.8) is 0 Å². The Morgan fingerprint density at radius 1 is 1.08 bits per heavy atom. The Labute approximate surface area is 159 Å². The van der Waals surface area contributed by atoms with E-state index in [0.29, 0.717) is 12.8 Å². The van der Waals surface area contributed by atoms with Crippen molar-refractivity contribution in [3.05, 3.63) is 65.2 Å². The van der Waals surface area contributed by atoms with E-state index in [9.17, 15) is 13.5 Å². The van der Waals surface area contributed by atoms with Crippen LogP contribution in [0.15, 0.2) is 59.5 Å². The zero-order chi connectivity index (χ0) is 18.4. The topological polar surface area (TPSA) is 57.6 Å². The van der Waals surface area contributed by atoms with Crippen molar-refractivity contribution in [2.24, 2.45) is 5.41 Å². The van der Waals surface area contributed by atoms with Gasteiger partial charge in [-0.2, -0.15) is 4.31 Å². The molecule has 4 nitrogen and oxygen atoms in total. The van der Waals surface area contributed by atoms with Crippen LogP contribution in [0.1, 0.15) is 24.8 Å². The van der Waals surface area contributed by atoms with Crippen LogP contribution in [0, 0.1) is 5.41 Å². The Bertz CT molecular complexity index is 902. The van der Waals surface area contributed by atoms with E-state index in [4.69, 9.17) is 11.6 Å². The average Bonchev–Trinajstić information content (AvgIpc) is 3.20. The van der Waals surface area contributed by atoms with Crippen LogP contribution in [0.3, 0.4) is 0 Å². The minimum atomic E-state index is -3.69. The standard InChI is InChI=1S/C20H22ClNO3S/c21-17-8-4-5-9-18(17)26(24,25)22-16-10-11-19(22)20(13-16,14-23)12-15-6-2-1-3-7-15/h1-9,16,19,23H,10-14H2/t16-,19+,20-/m0/s1. The molecular weight excluding hydrogens is 370 g/mol. The molecule has 2 saturated heterocycles. The van der Waals surface area contributed by atoms with Gasteiger partial charge in [0.2, 0.25) is 10.0 Å². The summed E-state index contributed by atoms with van der Waals surface area (Å²) in [7, 11) is -3.69. The van der Waals surface area contributed by atoms with Crippen LogP contribution < -0.4 is 0 Å². The van der Waals surface area contributed by atoms with Gasteiger partial charge in [-0.05, 0) is 43.4 Å². The van der Waals surface area contributed by atoms with Crippen molar-refractivity contribution in [1.82, 2.24) is 4.31 Å². The van der Waals surface area contributed by atoms with E-state index in [2.05, 4.69) is 0 Å². The first-order chi connectivity index (χ1) is 12.5. The maximum absolute atomic E-state index is 13.3. The summed E-state index contributed by atoms with van der Waals surface area (Å²) in [6.45, 7) is -0.0163. The van der Waals surface area contributed by atoms with Gasteiger partial charge in [0.25, 0.3) is 0 Å². The van der Waals surface area contributed by atoms with Gasteiger partial charge in [0, 0.05) is 17.5 Å². The molecule has 0 amide bonds. The predicted molar refractivity (Wildman–Crippen MR) is 102 cm³/mol. The fourth-order valence-electron chi connectivity index (χ4n) is 4.78. The molecule has 1 N–H and O–H groups in total. The molecule has 0 aromatic heterocycles. The number of hydrogen-bond acceptors (Lipinski definition) is 3. The monoisotopic (exact) mass is 391 g/mol. The largest absolute Gasteiger partial charge is 0.396 e. The predicted octanol–water partition coefficient (Wildman–Crippen LogP) is 3.49. The molecule has 0 radical (unpaired) electrons. The number of benzene rings is 2. The number of aliphatic hydroxyl groups excluding tert-OH is 1. The molecule has 0 aliphatic carbocycles. The summed E-state index contributed by atoms with van der Waals surface area (Å²) in [5, 5.41) is 10.5. The van der Waals surface area contributed by atoms with Crippen LogP contribution in [-0.2, 0) is 16.4 Å². The minimum Gasteiger partial charge on any atom is -0.396 e. The maximum Gasteiger partial charge on any atom is 0.245 e. The third-order valence-electron chi connectivity index (χ3n) is 5.90. The van der Waals surface area contributed by atoms with E-state index in [1.54, 1.807) is 28.6 Å². The van der Waals surface area contributed by atoms with Crippen LogP contribution in [-0.4, -0.2) is 36.5 Å². The zero-order valence-corrected chi connectivity index (χ0v) is 16.0. The molecule has 3 atom stereocenters. The molecule has 0 saturated carbocycles. The number of fused-ring (bicyclic) bond motifs is 2. The Balaban J connectivity index is 1.71. The van der Waals surface area contributed by atoms with E-state index in [-0.39, 0.29) is 28.6 Å². The molecule has 2 aliphatic heterocycles. The average molecular weight is 392 g/mol. The number of hydrogen-bond donors (Lipinski definition) is 1. The van der Waals surface area contributed by atoms with Gasteiger partial charge in [0.1, 0.15) is 4.90 Å². The summed E-state index contributed by atoms with van der Waals surface area (Å²) in [6.07, 6.45) is 2.99. The second kappa shape index (κ2) is 6.64. The number of sulfonamides is 1. The highest BCUT2D eigenvalue weighted by Gasteiger charge is 2.59. The van der Waals surface area contributed by atoms with E-state index in [1.807, 2.05) is 30.3 Å². The lowest BCUT2D eigenvalue weighted by Crippen LogP contribution is -2.43. The molecular formula is C20H22ClNO3S. The highest BCUT2D eigenvalue weighted by atomic mass is 35.5. The summed E-state index contributed by atoms with van der Waals surface area (Å²) in [6, 6.07) is 16.3. The molecule has 2 bridgehead atoms. The SMILES string of the molecule is O=S(=O)(c1ccccc1Cl)N1[C@H]2CC[C@@H]1[C@@](CO)(Cc1ccccc1)C2. The van der Waals surface area contributed by atoms with Crippen molar-refractivity contribution >= 4 is 21.6 Å². The summed E-state index contributed by atoms with van der Waals surface area (Å²) in [5.74, 6) is 0. The Hall–Kier alpha value is -1.40. The molecule has 0 spiro atoms. The van der Waals surface area contributed by atoms with Gasteiger partial charge in [-0.25, -0.2) is 8.42 Å². The lowest BCUT2D eigenvalue weighted by molar-refractivity contribution is 0.0889. The van der Waals surface area contributed by atoms with Crippen molar-refractivity contribution in [2.45, 2.75) is 42.7 Å². The fourth-order valence-corrected chi connectivity index (χ4v) is 7.24. The van der Waals surface area contributed by atoms with Crippen LogP contribution in [0.5, 0.6) is 0 Å².